The number of fused-ring (bicyclic) bond motifs is 1. The summed E-state index contributed by atoms with van der Waals surface area (Å²) in [6.07, 6.45) is 3.95. The number of carbonyl (C=O) groups is 1. The molecule has 1 saturated carbocycles. The monoisotopic (exact) mass is 285 g/mol. The SMILES string of the molecule is Cc1ccc(C)c2[nH]c(C(=O)N[C@H]3CC[C@H](N)CC3)cc12. The Balaban J connectivity index is 1.79. The summed E-state index contributed by atoms with van der Waals surface area (Å²) >= 11 is 0. The number of H-pyrrole nitrogens is 1. The zero-order valence-electron chi connectivity index (χ0n) is 12.7. The van der Waals surface area contributed by atoms with Gasteiger partial charge in [0.1, 0.15) is 5.69 Å². The van der Waals surface area contributed by atoms with Gasteiger partial charge in [-0.2, -0.15) is 0 Å². The normalized spacial score (nSPS) is 22.4. The molecular formula is C17H23N3O. The average molecular weight is 285 g/mol. The molecule has 4 nitrogen and oxygen atoms in total. The Hall–Kier alpha value is -1.81. The molecule has 0 atom stereocenters. The van der Waals surface area contributed by atoms with Crippen molar-refractivity contribution in [2.75, 3.05) is 0 Å². The summed E-state index contributed by atoms with van der Waals surface area (Å²) in [4.78, 5) is 15.7. The van der Waals surface area contributed by atoms with Crippen molar-refractivity contribution in [1.29, 1.82) is 0 Å². The predicted molar refractivity (Wildman–Crippen MR) is 85.5 cm³/mol. The maximum atomic E-state index is 12.4. The third-order valence-corrected chi connectivity index (χ3v) is 4.57. The first-order chi connectivity index (χ1) is 10.0. The molecular weight excluding hydrogens is 262 g/mol. The molecule has 0 saturated heterocycles. The lowest BCUT2D eigenvalue weighted by Gasteiger charge is -2.26. The van der Waals surface area contributed by atoms with E-state index >= 15 is 0 Å². The van der Waals surface area contributed by atoms with Gasteiger partial charge in [0.05, 0.1) is 0 Å². The molecule has 1 heterocycles. The van der Waals surface area contributed by atoms with E-state index in [9.17, 15) is 4.79 Å². The smallest absolute Gasteiger partial charge is 0.267 e. The van der Waals surface area contributed by atoms with Crippen LogP contribution < -0.4 is 11.1 Å². The predicted octanol–water partition coefficient (Wildman–Crippen LogP) is 2.78. The Morgan fingerprint density at radius 3 is 2.52 bits per heavy atom. The van der Waals surface area contributed by atoms with Crippen molar-refractivity contribution < 1.29 is 4.79 Å². The van der Waals surface area contributed by atoms with E-state index in [4.69, 9.17) is 5.73 Å². The third-order valence-electron chi connectivity index (χ3n) is 4.57. The molecule has 21 heavy (non-hydrogen) atoms. The molecule has 112 valence electrons. The number of benzene rings is 1. The molecule has 1 aliphatic rings. The second-order valence-corrected chi connectivity index (χ2v) is 6.26. The first-order valence-electron chi connectivity index (χ1n) is 7.70. The summed E-state index contributed by atoms with van der Waals surface area (Å²) in [5, 5.41) is 4.26. The maximum absolute atomic E-state index is 12.4. The van der Waals surface area contributed by atoms with Crippen LogP contribution in [0.15, 0.2) is 18.2 Å². The number of aromatic nitrogens is 1. The fraction of sp³-hybridized carbons (Fsp3) is 0.471. The Morgan fingerprint density at radius 1 is 1.19 bits per heavy atom. The van der Waals surface area contributed by atoms with Gasteiger partial charge in [-0.05, 0) is 56.7 Å². The van der Waals surface area contributed by atoms with Gasteiger partial charge in [0.25, 0.3) is 5.91 Å². The first-order valence-corrected chi connectivity index (χ1v) is 7.70. The number of nitrogens with two attached hydrogens (primary N) is 1. The molecule has 0 aliphatic heterocycles. The third kappa shape index (κ3) is 2.81. The number of rotatable bonds is 2. The minimum absolute atomic E-state index is 0.00882. The number of hydrogen-bond acceptors (Lipinski definition) is 2. The largest absolute Gasteiger partial charge is 0.350 e. The van der Waals surface area contributed by atoms with Gasteiger partial charge in [0, 0.05) is 23.0 Å². The van der Waals surface area contributed by atoms with E-state index in [0.717, 1.165) is 36.6 Å². The molecule has 1 fully saturated rings. The van der Waals surface area contributed by atoms with Crippen LogP contribution in [0.3, 0.4) is 0 Å². The van der Waals surface area contributed by atoms with Crippen LogP contribution in [0.2, 0.25) is 0 Å². The number of carbonyl (C=O) groups excluding carboxylic acids is 1. The highest BCUT2D eigenvalue weighted by Crippen LogP contribution is 2.23. The molecule has 0 spiro atoms. The van der Waals surface area contributed by atoms with E-state index in [1.54, 1.807) is 0 Å². The minimum atomic E-state index is -0.00882. The minimum Gasteiger partial charge on any atom is -0.350 e. The zero-order valence-corrected chi connectivity index (χ0v) is 12.7. The van der Waals surface area contributed by atoms with Crippen LogP contribution >= 0.6 is 0 Å². The van der Waals surface area contributed by atoms with E-state index in [-0.39, 0.29) is 11.9 Å². The second-order valence-electron chi connectivity index (χ2n) is 6.26. The molecule has 1 aliphatic carbocycles. The first kappa shape index (κ1) is 14.1. The Kier molecular flexibility index (Phi) is 3.72. The number of aromatic amines is 1. The van der Waals surface area contributed by atoms with Crippen molar-refractivity contribution in [3.63, 3.8) is 0 Å². The highest BCUT2D eigenvalue weighted by atomic mass is 16.1. The summed E-state index contributed by atoms with van der Waals surface area (Å²) in [5.74, 6) is -0.00882. The van der Waals surface area contributed by atoms with Crippen LogP contribution in [-0.2, 0) is 0 Å². The highest BCUT2D eigenvalue weighted by molar-refractivity contribution is 5.99. The molecule has 0 bridgehead atoms. The quantitative estimate of drug-likeness (QED) is 0.794. The maximum Gasteiger partial charge on any atom is 0.267 e. The molecule has 3 rings (SSSR count). The summed E-state index contributed by atoms with van der Waals surface area (Å²) in [5.41, 5.74) is 9.97. The fourth-order valence-electron chi connectivity index (χ4n) is 3.15. The van der Waals surface area contributed by atoms with E-state index in [2.05, 4.69) is 36.3 Å². The molecule has 1 amide bonds. The van der Waals surface area contributed by atoms with Crippen LogP contribution in [0.5, 0.6) is 0 Å². The highest BCUT2D eigenvalue weighted by Gasteiger charge is 2.21. The van der Waals surface area contributed by atoms with Crippen LogP contribution in [0.1, 0.15) is 47.3 Å². The summed E-state index contributed by atoms with van der Waals surface area (Å²) in [6.45, 7) is 4.13. The van der Waals surface area contributed by atoms with Gasteiger partial charge in [-0.15, -0.1) is 0 Å². The molecule has 4 heteroatoms. The Labute approximate surface area is 125 Å². The van der Waals surface area contributed by atoms with Crippen LogP contribution in [0, 0.1) is 13.8 Å². The van der Waals surface area contributed by atoms with Gasteiger partial charge in [-0.25, -0.2) is 0 Å². The van der Waals surface area contributed by atoms with Crippen LogP contribution in [-0.4, -0.2) is 23.0 Å². The summed E-state index contributed by atoms with van der Waals surface area (Å²) < 4.78 is 0. The summed E-state index contributed by atoms with van der Waals surface area (Å²) in [6, 6.07) is 6.69. The lowest BCUT2D eigenvalue weighted by Crippen LogP contribution is -2.40. The zero-order chi connectivity index (χ0) is 15.0. The van der Waals surface area contributed by atoms with E-state index in [1.807, 2.05) is 6.07 Å². The average Bonchev–Trinajstić information content (AvgIpc) is 2.92. The molecule has 0 radical (unpaired) electrons. The summed E-state index contributed by atoms with van der Waals surface area (Å²) in [7, 11) is 0. The van der Waals surface area contributed by atoms with Gasteiger partial charge in [-0.1, -0.05) is 12.1 Å². The van der Waals surface area contributed by atoms with Crippen LogP contribution in [0.4, 0.5) is 0 Å². The number of aryl methyl sites for hydroxylation is 2. The standard InChI is InChI=1S/C17H23N3O/c1-10-3-4-11(2)16-14(10)9-15(20-16)17(21)19-13-7-5-12(18)6-8-13/h3-4,9,12-13,20H,5-8,18H2,1-2H3,(H,19,21)/t12-,13-. The van der Waals surface area contributed by atoms with Crippen molar-refractivity contribution in [3.8, 4) is 0 Å². The Morgan fingerprint density at radius 2 is 1.86 bits per heavy atom. The van der Waals surface area contributed by atoms with Gasteiger partial charge in [-0.3, -0.25) is 4.79 Å². The molecule has 1 aromatic carbocycles. The van der Waals surface area contributed by atoms with Crippen LogP contribution in [0.25, 0.3) is 10.9 Å². The lowest BCUT2D eigenvalue weighted by atomic mass is 9.92. The van der Waals surface area contributed by atoms with Crippen molar-refractivity contribution >= 4 is 16.8 Å². The van der Waals surface area contributed by atoms with E-state index in [1.165, 1.54) is 11.1 Å². The second kappa shape index (κ2) is 5.53. The van der Waals surface area contributed by atoms with Gasteiger partial charge >= 0.3 is 0 Å². The van der Waals surface area contributed by atoms with Crippen molar-refractivity contribution in [1.82, 2.24) is 10.3 Å². The molecule has 1 aromatic heterocycles. The van der Waals surface area contributed by atoms with Crippen molar-refractivity contribution in [2.24, 2.45) is 5.73 Å². The van der Waals surface area contributed by atoms with Gasteiger partial charge in [0.15, 0.2) is 0 Å². The topological polar surface area (TPSA) is 70.9 Å². The lowest BCUT2D eigenvalue weighted by molar-refractivity contribution is 0.0921. The van der Waals surface area contributed by atoms with E-state index < -0.39 is 0 Å². The van der Waals surface area contributed by atoms with Gasteiger partial charge < -0.3 is 16.0 Å². The van der Waals surface area contributed by atoms with E-state index in [0.29, 0.717) is 11.7 Å². The van der Waals surface area contributed by atoms with Crippen molar-refractivity contribution in [3.05, 3.63) is 35.0 Å². The fourth-order valence-corrected chi connectivity index (χ4v) is 3.15. The molecule has 2 aromatic rings. The number of hydrogen-bond donors (Lipinski definition) is 3. The molecule has 0 unspecified atom stereocenters. The number of amides is 1. The molecule has 4 N–H and O–H groups in total. The van der Waals surface area contributed by atoms with Gasteiger partial charge in [0.2, 0.25) is 0 Å². The Bertz CT molecular complexity index is 627. The number of nitrogens with one attached hydrogen (secondary N) is 2. The van der Waals surface area contributed by atoms with Crippen molar-refractivity contribution in [2.45, 2.75) is 51.6 Å².